The quantitative estimate of drug-likeness (QED) is 0.612. The average molecular weight is 176 g/mol. The zero-order valence-corrected chi connectivity index (χ0v) is 7.06. The molecule has 66 valence electrons. The summed E-state index contributed by atoms with van der Waals surface area (Å²) in [6.45, 7) is 1.89. The zero-order valence-electron chi connectivity index (χ0n) is 7.06. The molecule has 0 radical (unpaired) electrons. The van der Waals surface area contributed by atoms with Crippen LogP contribution in [0.4, 0.5) is 5.95 Å². The van der Waals surface area contributed by atoms with Crippen molar-refractivity contribution in [2.24, 2.45) is 0 Å². The van der Waals surface area contributed by atoms with E-state index in [1.807, 2.05) is 13.0 Å². The minimum absolute atomic E-state index is 0.00820. The Hall–Kier alpha value is -1.91. The number of hydrogen-bond donors (Lipinski definition) is 1. The molecular weight excluding hydrogens is 168 g/mol. The van der Waals surface area contributed by atoms with E-state index in [0.29, 0.717) is 5.65 Å². The summed E-state index contributed by atoms with van der Waals surface area (Å²) in [6.07, 6.45) is 1.68. The Balaban J connectivity index is 2.95. The molecular formula is C8H8N4O. The van der Waals surface area contributed by atoms with Crippen LogP contribution in [0.1, 0.15) is 5.56 Å². The Morgan fingerprint density at radius 1 is 1.38 bits per heavy atom. The van der Waals surface area contributed by atoms with Gasteiger partial charge in [0.15, 0.2) is 0 Å². The summed E-state index contributed by atoms with van der Waals surface area (Å²) in [6, 6.07) is 3.59. The average Bonchev–Trinajstić information content (AvgIpc) is 2.06. The molecule has 2 aromatic rings. The largest absolute Gasteiger partial charge is 0.368 e. The molecule has 0 aromatic carbocycles. The fourth-order valence-corrected chi connectivity index (χ4v) is 1.14. The van der Waals surface area contributed by atoms with Crippen LogP contribution >= 0.6 is 0 Å². The first-order chi connectivity index (χ1) is 6.16. The molecule has 0 unspecified atom stereocenters. The fraction of sp³-hybridized carbons (Fsp3) is 0.125. The van der Waals surface area contributed by atoms with Crippen LogP contribution in [0.2, 0.25) is 0 Å². The Labute approximate surface area is 73.9 Å². The van der Waals surface area contributed by atoms with E-state index in [0.717, 1.165) is 5.56 Å². The molecule has 0 saturated carbocycles. The smallest absolute Gasteiger partial charge is 0.356 e. The lowest BCUT2D eigenvalue weighted by Gasteiger charge is -1.99. The molecule has 0 atom stereocenters. The van der Waals surface area contributed by atoms with Crippen LogP contribution in [-0.2, 0) is 0 Å². The molecule has 0 amide bonds. The van der Waals surface area contributed by atoms with Crippen LogP contribution < -0.4 is 11.4 Å². The Morgan fingerprint density at radius 2 is 2.15 bits per heavy atom. The standard InChI is InChI=1S/C8H8N4O/c1-5-2-3-6-10-7(9)11-8(13)12(6)4-5/h2-4H,1H3,(H2,9,11,13). The van der Waals surface area contributed by atoms with Gasteiger partial charge in [-0.1, -0.05) is 6.07 Å². The van der Waals surface area contributed by atoms with Crippen molar-refractivity contribution in [1.29, 1.82) is 0 Å². The summed E-state index contributed by atoms with van der Waals surface area (Å²) in [5.74, 6) is 0.00820. The third kappa shape index (κ3) is 1.24. The first-order valence-electron chi connectivity index (χ1n) is 3.79. The summed E-state index contributed by atoms with van der Waals surface area (Å²) in [4.78, 5) is 18.7. The van der Waals surface area contributed by atoms with Crippen molar-refractivity contribution in [3.8, 4) is 0 Å². The summed E-state index contributed by atoms with van der Waals surface area (Å²) in [5, 5.41) is 0. The van der Waals surface area contributed by atoms with Crippen LogP contribution in [0, 0.1) is 6.92 Å². The van der Waals surface area contributed by atoms with Crippen LogP contribution in [0.25, 0.3) is 5.65 Å². The molecule has 0 aliphatic heterocycles. The SMILES string of the molecule is Cc1ccc2nc(N)nc(=O)n2c1. The highest BCUT2D eigenvalue weighted by molar-refractivity contribution is 5.41. The van der Waals surface area contributed by atoms with Gasteiger partial charge in [0.2, 0.25) is 5.95 Å². The molecule has 2 rings (SSSR count). The summed E-state index contributed by atoms with van der Waals surface area (Å²) < 4.78 is 1.37. The number of hydrogen-bond acceptors (Lipinski definition) is 4. The monoisotopic (exact) mass is 176 g/mol. The maximum Gasteiger partial charge on any atom is 0.356 e. The van der Waals surface area contributed by atoms with E-state index in [-0.39, 0.29) is 5.95 Å². The topological polar surface area (TPSA) is 73.3 Å². The second-order valence-corrected chi connectivity index (χ2v) is 2.80. The van der Waals surface area contributed by atoms with Gasteiger partial charge in [-0.15, -0.1) is 0 Å². The van der Waals surface area contributed by atoms with Crippen molar-refractivity contribution < 1.29 is 0 Å². The van der Waals surface area contributed by atoms with E-state index in [1.54, 1.807) is 12.3 Å². The van der Waals surface area contributed by atoms with Gasteiger partial charge in [-0.25, -0.2) is 4.79 Å². The van der Waals surface area contributed by atoms with Crippen LogP contribution in [0.5, 0.6) is 0 Å². The van der Waals surface area contributed by atoms with Crippen LogP contribution in [0.15, 0.2) is 23.1 Å². The Bertz CT molecular complexity index is 517. The molecule has 0 bridgehead atoms. The molecule has 2 N–H and O–H groups in total. The van der Waals surface area contributed by atoms with Crippen molar-refractivity contribution in [3.05, 3.63) is 34.4 Å². The highest BCUT2D eigenvalue weighted by Crippen LogP contribution is 2.00. The number of rotatable bonds is 0. The molecule has 5 nitrogen and oxygen atoms in total. The second kappa shape index (κ2) is 2.55. The summed E-state index contributed by atoms with van der Waals surface area (Å²) >= 11 is 0. The minimum atomic E-state index is -0.397. The first kappa shape index (κ1) is 7.72. The molecule has 5 heteroatoms. The van der Waals surface area contributed by atoms with E-state index in [9.17, 15) is 4.79 Å². The number of fused-ring (bicyclic) bond motifs is 1. The Kier molecular flexibility index (Phi) is 1.51. The second-order valence-electron chi connectivity index (χ2n) is 2.80. The zero-order chi connectivity index (χ0) is 9.42. The van der Waals surface area contributed by atoms with E-state index >= 15 is 0 Å². The van der Waals surface area contributed by atoms with Gasteiger partial charge < -0.3 is 5.73 Å². The van der Waals surface area contributed by atoms with E-state index in [1.165, 1.54) is 4.40 Å². The number of aryl methyl sites for hydroxylation is 1. The maximum atomic E-state index is 11.3. The lowest BCUT2D eigenvalue weighted by molar-refractivity contribution is 0.944. The lowest BCUT2D eigenvalue weighted by atomic mass is 10.3. The highest BCUT2D eigenvalue weighted by Gasteiger charge is 1.99. The van der Waals surface area contributed by atoms with Gasteiger partial charge in [0.1, 0.15) is 5.65 Å². The van der Waals surface area contributed by atoms with Gasteiger partial charge in [0.05, 0.1) is 0 Å². The van der Waals surface area contributed by atoms with Crippen molar-refractivity contribution in [3.63, 3.8) is 0 Å². The summed E-state index contributed by atoms with van der Waals surface area (Å²) in [7, 11) is 0. The predicted octanol–water partition coefficient (Wildman–Crippen LogP) is -0.0199. The number of nitrogens with two attached hydrogens (primary N) is 1. The molecule has 2 heterocycles. The van der Waals surface area contributed by atoms with Crippen LogP contribution in [-0.4, -0.2) is 14.4 Å². The van der Waals surface area contributed by atoms with Crippen LogP contribution in [0.3, 0.4) is 0 Å². The van der Waals surface area contributed by atoms with Gasteiger partial charge >= 0.3 is 5.69 Å². The molecule has 0 saturated heterocycles. The maximum absolute atomic E-state index is 11.3. The molecule has 13 heavy (non-hydrogen) atoms. The fourth-order valence-electron chi connectivity index (χ4n) is 1.14. The highest BCUT2D eigenvalue weighted by atomic mass is 16.1. The molecule has 0 fully saturated rings. The number of aromatic nitrogens is 3. The number of anilines is 1. The van der Waals surface area contributed by atoms with Gasteiger partial charge in [0, 0.05) is 6.20 Å². The number of nitrogen functional groups attached to an aromatic ring is 1. The third-order valence-electron chi connectivity index (χ3n) is 1.72. The molecule has 0 aliphatic carbocycles. The lowest BCUT2D eigenvalue weighted by Crippen LogP contribution is -2.20. The van der Waals surface area contributed by atoms with E-state index in [2.05, 4.69) is 9.97 Å². The summed E-state index contributed by atoms with van der Waals surface area (Å²) in [5.41, 5.74) is 6.42. The molecule has 2 aromatic heterocycles. The van der Waals surface area contributed by atoms with Crippen molar-refractivity contribution in [2.45, 2.75) is 6.92 Å². The normalized spacial score (nSPS) is 10.5. The molecule has 0 spiro atoms. The molecule has 0 aliphatic rings. The van der Waals surface area contributed by atoms with E-state index < -0.39 is 5.69 Å². The van der Waals surface area contributed by atoms with Crippen molar-refractivity contribution >= 4 is 11.6 Å². The predicted molar refractivity (Wildman–Crippen MR) is 48.4 cm³/mol. The number of nitrogens with zero attached hydrogens (tertiary/aromatic N) is 3. The van der Waals surface area contributed by atoms with Gasteiger partial charge in [0.25, 0.3) is 0 Å². The van der Waals surface area contributed by atoms with E-state index in [4.69, 9.17) is 5.73 Å². The number of pyridine rings is 1. The van der Waals surface area contributed by atoms with Gasteiger partial charge in [-0.2, -0.15) is 9.97 Å². The third-order valence-corrected chi connectivity index (χ3v) is 1.72. The van der Waals surface area contributed by atoms with Gasteiger partial charge in [-0.3, -0.25) is 4.40 Å². The van der Waals surface area contributed by atoms with Crippen molar-refractivity contribution in [1.82, 2.24) is 14.4 Å². The minimum Gasteiger partial charge on any atom is -0.368 e. The van der Waals surface area contributed by atoms with Gasteiger partial charge in [-0.05, 0) is 18.6 Å². The van der Waals surface area contributed by atoms with Crippen molar-refractivity contribution in [2.75, 3.05) is 5.73 Å². The first-order valence-corrected chi connectivity index (χ1v) is 3.79. The Morgan fingerprint density at radius 3 is 2.92 bits per heavy atom.